The molecule has 0 aliphatic rings. The van der Waals surface area contributed by atoms with Crippen molar-refractivity contribution in [3.05, 3.63) is 41.6 Å². The van der Waals surface area contributed by atoms with Gasteiger partial charge >= 0.3 is 0 Å². The SMILES string of the molecule is CCCNC(CCOCC)c1ccc2nc(C)ccc2c1. The molecule has 0 aliphatic carbocycles. The molecule has 0 bridgehead atoms. The summed E-state index contributed by atoms with van der Waals surface area (Å²) >= 11 is 0. The van der Waals surface area contributed by atoms with E-state index in [0.29, 0.717) is 6.04 Å². The van der Waals surface area contributed by atoms with Gasteiger partial charge in [-0.15, -0.1) is 0 Å². The van der Waals surface area contributed by atoms with E-state index in [2.05, 4.69) is 47.6 Å². The summed E-state index contributed by atoms with van der Waals surface area (Å²) < 4.78 is 5.52. The fourth-order valence-electron chi connectivity index (χ4n) is 2.51. The van der Waals surface area contributed by atoms with Gasteiger partial charge in [0.05, 0.1) is 5.52 Å². The summed E-state index contributed by atoms with van der Waals surface area (Å²) in [6.45, 7) is 8.86. The minimum absolute atomic E-state index is 0.349. The normalized spacial score (nSPS) is 12.7. The van der Waals surface area contributed by atoms with Gasteiger partial charge in [-0.05, 0) is 57.0 Å². The molecule has 1 aromatic carbocycles. The van der Waals surface area contributed by atoms with Crippen LogP contribution < -0.4 is 5.32 Å². The standard InChI is InChI=1S/C18H26N2O/c1-4-11-19-17(10-12-21-5-2)15-8-9-18-16(13-15)7-6-14(3)20-18/h6-9,13,17,19H,4-5,10-12H2,1-3H3. The van der Waals surface area contributed by atoms with Gasteiger partial charge in [-0.2, -0.15) is 0 Å². The van der Waals surface area contributed by atoms with E-state index < -0.39 is 0 Å². The van der Waals surface area contributed by atoms with E-state index in [-0.39, 0.29) is 0 Å². The third kappa shape index (κ3) is 4.51. The summed E-state index contributed by atoms with van der Waals surface area (Å²) in [6.07, 6.45) is 2.14. The molecule has 1 atom stereocenters. The Hall–Kier alpha value is -1.45. The second-order valence-corrected chi connectivity index (χ2v) is 5.40. The molecule has 0 aliphatic heterocycles. The molecule has 1 N–H and O–H groups in total. The van der Waals surface area contributed by atoms with Crippen LogP contribution >= 0.6 is 0 Å². The molecule has 3 nitrogen and oxygen atoms in total. The number of nitrogens with zero attached hydrogens (tertiary/aromatic N) is 1. The highest BCUT2D eigenvalue weighted by atomic mass is 16.5. The van der Waals surface area contributed by atoms with E-state index in [1.165, 1.54) is 10.9 Å². The Bertz CT molecular complexity index is 568. The lowest BCUT2D eigenvalue weighted by atomic mass is 10.0. The van der Waals surface area contributed by atoms with Crippen LogP contribution in [0.25, 0.3) is 10.9 Å². The number of rotatable bonds is 8. The van der Waals surface area contributed by atoms with E-state index >= 15 is 0 Å². The van der Waals surface area contributed by atoms with E-state index in [0.717, 1.165) is 43.8 Å². The van der Waals surface area contributed by atoms with Gasteiger partial charge in [0.1, 0.15) is 0 Å². The minimum Gasteiger partial charge on any atom is -0.382 e. The number of fused-ring (bicyclic) bond motifs is 1. The Kier molecular flexibility index (Phi) is 6.15. The number of ether oxygens (including phenoxy) is 1. The van der Waals surface area contributed by atoms with Gasteiger partial charge in [0, 0.05) is 30.3 Å². The van der Waals surface area contributed by atoms with Crippen LogP contribution in [0.3, 0.4) is 0 Å². The van der Waals surface area contributed by atoms with E-state index in [1.54, 1.807) is 0 Å². The number of nitrogens with one attached hydrogen (secondary N) is 1. The second kappa shape index (κ2) is 8.11. The molecule has 0 saturated heterocycles. The molecular weight excluding hydrogens is 260 g/mol. The van der Waals surface area contributed by atoms with Crippen molar-refractivity contribution < 1.29 is 4.74 Å². The highest BCUT2D eigenvalue weighted by Crippen LogP contribution is 2.22. The lowest BCUT2D eigenvalue weighted by Gasteiger charge is -2.19. The van der Waals surface area contributed by atoms with Crippen LogP contribution in [0.2, 0.25) is 0 Å². The minimum atomic E-state index is 0.349. The first-order valence-electron chi connectivity index (χ1n) is 7.93. The molecule has 0 radical (unpaired) electrons. The first-order valence-corrected chi connectivity index (χ1v) is 7.93. The van der Waals surface area contributed by atoms with Gasteiger partial charge in [-0.3, -0.25) is 4.98 Å². The van der Waals surface area contributed by atoms with Crippen molar-refractivity contribution in [1.82, 2.24) is 10.3 Å². The summed E-state index contributed by atoms with van der Waals surface area (Å²) in [4.78, 5) is 4.57. The van der Waals surface area contributed by atoms with Crippen LogP contribution in [0.1, 0.15) is 44.0 Å². The first-order chi connectivity index (χ1) is 10.2. The Morgan fingerprint density at radius 1 is 1.19 bits per heavy atom. The average molecular weight is 286 g/mol. The number of benzene rings is 1. The van der Waals surface area contributed by atoms with Gasteiger partial charge in [0.2, 0.25) is 0 Å². The molecule has 2 aromatic rings. The third-order valence-electron chi connectivity index (χ3n) is 3.65. The maximum absolute atomic E-state index is 5.52. The van der Waals surface area contributed by atoms with Gasteiger partial charge < -0.3 is 10.1 Å². The Balaban J connectivity index is 2.19. The number of aryl methyl sites for hydroxylation is 1. The molecule has 21 heavy (non-hydrogen) atoms. The third-order valence-corrected chi connectivity index (χ3v) is 3.65. The second-order valence-electron chi connectivity index (χ2n) is 5.40. The largest absolute Gasteiger partial charge is 0.382 e. The van der Waals surface area contributed by atoms with Gasteiger partial charge in [0.25, 0.3) is 0 Å². The highest BCUT2D eigenvalue weighted by Gasteiger charge is 2.11. The zero-order chi connectivity index (χ0) is 15.1. The van der Waals surface area contributed by atoms with Crippen molar-refractivity contribution in [3.8, 4) is 0 Å². The van der Waals surface area contributed by atoms with Crippen molar-refractivity contribution in [2.75, 3.05) is 19.8 Å². The average Bonchev–Trinajstić information content (AvgIpc) is 2.50. The zero-order valence-corrected chi connectivity index (χ0v) is 13.4. The summed E-state index contributed by atoms with van der Waals surface area (Å²) in [6, 6.07) is 11.1. The van der Waals surface area contributed by atoms with Crippen LogP contribution in [0.15, 0.2) is 30.3 Å². The van der Waals surface area contributed by atoms with E-state index in [9.17, 15) is 0 Å². The van der Waals surface area contributed by atoms with Crippen LogP contribution in [-0.2, 0) is 4.74 Å². The predicted molar refractivity (Wildman–Crippen MR) is 88.6 cm³/mol. The van der Waals surface area contributed by atoms with Gasteiger partial charge in [0.15, 0.2) is 0 Å². The molecule has 2 rings (SSSR count). The number of hydrogen-bond donors (Lipinski definition) is 1. The zero-order valence-electron chi connectivity index (χ0n) is 13.4. The summed E-state index contributed by atoms with van der Waals surface area (Å²) in [7, 11) is 0. The van der Waals surface area contributed by atoms with Crippen LogP contribution in [0, 0.1) is 6.92 Å². The number of aromatic nitrogens is 1. The Labute approximate surface area is 127 Å². The van der Waals surface area contributed by atoms with Gasteiger partial charge in [-0.25, -0.2) is 0 Å². The van der Waals surface area contributed by atoms with Crippen molar-refractivity contribution in [3.63, 3.8) is 0 Å². The topological polar surface area (TPSA) is 34.1 Å². The summed E-state index contributed by atoms with van der Waals surface area (Å²) in [5.74, 6) is 0. The lowest BCUT2D eigenvalue weighted by Crippen LogP contribution is -2.23. The number of pyridine rings is 1. The fourth-order valence-corrected chi connectivity index (χ4v) is 2.51. The molecule has 1 heterocycles. The van der Waals surface area contributed by atoms with Crippen LogP contribution in [0.4, 0.5) is 0 Å². The molecule has 3 heteroatoms. The predicted octanol–water partition coefficient (Wildman–Crippen LogP) is 4.01. The lowest BCUT2D eigenvalue weighted by molar-refractivity contribution is 0.136. The molecule has 114 valence electrons. The highest BCUT2D eigenvalue weighted by molar-refractivity contribution is 5.79. The first kappa shape index (κ1) is 15.9. The van der Waals surface area contributed by atoms with Crippen LogP contribution in [0.5, 0.6) is 0 Å². The monoisotopic (exact) mass is 286 g/mol. The fraction of sp³-hybridized carbons (Fsp3) is 0.500. The summed E-state index contributed by atoms with van der Waals surface area (Å²) in [5, 5.41) is 4.83. The molecule has 1 unspecified atom stereocenters. The van der Waals surface area contributed by atoms with Crippen molar-refractivity contribution >= 4 is 10.9 Å². The Morgan fingerprint density at radius 2 is 2.05 bits per heavy atom. The van der Waals surface area contributed by atoms with Gasteiger partial charge in [-0.1, -0.05) is 19.1 Å². The quantitative estimate of drug-likeness (QED) is 0.744. The molecule has 0 spiro atoms. The van der Waals surface area contributed by atoms with E-state index in [4.69, 9.17) is 4.74 Å². The molecule has 0 saturated carbocycles. The summed E-state index contributed by atoms with van der Waals surface area (Å²) in [5.41, 5.74) is 3.45. The molecule has 0 amide bonds. The smallest absolute Gasteiger partial charge is 0.0705 e. The molecule has 1 aromatic heterocycles. The molecular formula is C18H26N2O. The van der Waals surface area contributed by atoms with Crippen molar-refractivity contribution in [2.45, 2.75) is 39.7 Å². The van der Waals surface area contributed by atoms with Crippen molar-refractivity contribution in [2.24, 2.45) is 0 Å². The number of hydrogen-bond acceptors (Lipinski definition) is 3. The Morgan fingerprint density at radius 3 is 2.81 bits per heavy atom. The molecule has 0 fully saturated rings. The van der Waals surface area contributed by atoms with Crippen LogP contribution in [-0.4, -0.2) is 24.7 Å². The van der Waals surface area contributed by atoms with Crippen molar-refractivity contribution in [1.29, 1.82) is 0 Å². The maximum atomic E-state index is 5.52. The maximum Gasteiger partial charge on any atom is 0.0705 e. The van der Waals surface area contributed by atoms with E-state index in [1.807, 2.05) is 13.8 Å².